The Morgan fingerprint density at radius 2 is 2.00 bits per heavy atom. The fourth-order valence-electron chi connectivity index (χ4n) is 1.55. The second-order valence-electron chi connectivity index (χ2n) is 3.70. The van der Waals surface area contributed by atoms with Crippen molar-refractivity contribution in [2.24, 2.45) is 7.05 Å². The monoisotopic (exact) mass is 286 g/mol. The van der Waals surface area contributed by atoms with Crippen molar-refractivity contribution in [3.8, 4) is 0 Å². The number of halogens is 2. The molecule has 2 rings (SSSR count). The second kappa shape index (κ2) is 5.34. The summed E-state index contributed by atoms with van der Waals surface area (Å²) in [5.41, 5.74) is 2.04. The zero-order valence-electron chi connectivity index (χ0n) is 9.58. The molecule has 1 aromatic heterocycles. The summed E-state index contributed by atoms with van der Waals surface area (Å²) in [5.74, 6) is 0.780. The van der Waals surface area contributed by atoms with Gasteiger partial charge < -0.3 is 0 Å². The van der Waals surface area contributed by atoms with Crippen LogP contribution in [0.1, 0.15) is 11.3 Å². The Hall–Kier alpha value is -0.640. The van der Waals surface area contributed by atoms with Crippen LogP contribution in [0.25, 0.3) is 0 Å². The molecule has 0 aliphatic heterocycles. The van der Waals surface area contributed by atoms with Crippen LogP contribution in [0.3, 0.4) is 0 Å². The Bertz CT molecular complexity index is 537. The number of aromatic nitrogens is 2. The van der Waals surface area contributed by atoms with Crippen molar-refractivity contribution in [1.29, 1.82) is 0 Å². The first-order valence-corrected chi connectivity index (χ1v) is 6.89. The van der Waals surface area contributed by atoms with E-state index in [1.54, 1.807) is 16.4 Å². The molecule has 0 amide bonds. The summed E-state index contributed by atoms with van der Waals surface area (Å²) in [6.07, 6.45) is 0. The minimum atomic E-state index is 0.696. The molecule has 0 spiro atoms. The number of rotatable bonds is 3. The van der Waals surface area contributed by atoms with E-state index >= 15 is 0 Å². The second-order valence-corrected chi connectivity index (χ2v) is 5.48. The molecule has 0 aliphatic rings. The Labute approximate surface area is 115 Å². The zero-order valence-corrected chi connectivity index (χ0v) is 11.9. The van der Waals surface area contributed by atoms with Crippen molar-refractivity contribution >= 4 is 35.0 Å². The van der Waals surface area contributed by atoms with Gasteiger partial charge in [-0.05, 0) is 19.1 Å². The van der Waals surface area contributed by atoms with Gasteiger partial charge in [0, 0.05) is 23.3 Å². The highest BCUT2D eigenvalue weighted by atomic mass is 35.5. The molecule has 1 aromatic carbocycles. The van der Waals surface area contributed by atoms with E-state index in [4.69, 9.17) is 23.2 Å². The SMILES string of the molecule is Cc1nn(C)c(Cl)c1CSc1ccccc1Cl. The van der Waals surface area contributed by atoms with Crippen molar-refractivity contribution in [3.05, 3.63) is 45.7 Å². The van der Waals surface area contributed by atoms with Gasteiger partial charge in [0.25, 0.3) is 0 Å². The molecule has 0 unspecified atom stereocenters. The first-order valence-electron chi connectivity index (χ1n) is 5.15. The average Bonchev–Trinajstić information content (AvgIpc) is 2.53. The Morgan fingerprint density at radius 3 is 2.59 bits per heavy atom. The van der Waals surface area contributed by atoms with Gasteiger partial charge in [-0.15, -0.1) is 11.8 Å². The van der Waals surface area contributed by atoms with Gasteiger partial charge in [-0.25, -0.2) is 0 Å². The van der Waals surface area contributed by atoms with Gasteiger partial charge in [0.1, 0.15) is 5.15 Å². The van der Waals surface area contributed by atoms with E-state index in [2.05, 4.69) is 5.10 Å². The summed E-state index contributed by atoms with van der Waals surface area (Å²) >= 11 is 13.9. The van der Waals surface area contributed by atoms with Crippen LogP contribution in [0.2, 0.25) is 10.2 Å². The molecule has 0 bridgehead atoms. The normalized spacial score (nSPS) is 10.8. The quantitative estimate of drug-likeness (QED) is 0.782. The van der Waals surface area contributed by atoms with E-state index in [0.717, 1.165) is 26.9 Å². The maximum absolute atomic E-state index is 6.17. The summed E-state index contributed by atoms with van der Waals surface area (Å²) < 4.78 is 1.69. The molecule has 90 valence electrons. The average molecular weight is 287 g/mol. The summed E-state index contributed by atoms with van der Waals surface area (Å²) in [5, 5.41) is 5.75. The predicted octanol–water partition coefficient (Wildman–Crippen LogP) is 4.33. The maximum atomic E-state index is 6.17. The van der Waals surface area contributed by atoms with Crippen LogP contribution in [-0.2, 0) is 12.8 Å². The standard InChI is InChI=1S/C12H12Cl2N2S/c1-8-9(12(14)16(2)15-8)7-17-11-6-4-3-5-10(11)13/h3-6H,7H2,1-2H3. The third kappa shape index (κ3) is 2.79. The van der Waals surface area contributed by atoms with E-state index in [9.17, 15) is 0 Å². The number of aryl methyl sites for hydroxylation is 2. The summed E-state index contributed by atoms with van der Waals surface area (Å²) in [7, 11) is 1.85. The van der Waals surface area contributed by atoms with Gasteiger partial charge in [-0.1, -0.05) is 35.3 Å². The molecular weight excluding hydrogens is 275 g/mol. The lowest BCUT2D eigenvalue weighted by molar-refractivity contribution is 0.757. The molecule has 1 heterocycles. The summed E-state index contributed by atoms with van der Waals surface area (Å²) in [4.78, 5) is 1.06. The summed E-state index contributed by atoms with van der Waals surface area (Å²) in [6, 6.07) is 7.80. The predicted molar refractivity (Wildman–Crippen MR) is 74.0 cm³/mol. The van der Waals surface area contributed by atoms with E-state index < -0.39 is 0 Å². The minimum absolute atomic E-state index is 0.696. The van der Waals surface area contributed by atoms with Crippen molar-refractivity contribution < 1.29 is 0 Å². The van der Waals surface area contributed by atoms with Crippen molar-refractivity contribution in [2.45, 2.75) is 17.6 Å². The van der Waals surface area contributed by atoms with Gasteiger partial charge >= 0.3 is 0 Å². The third-order valence-corrected chi connectivity index (χ3v) is 4.49. The Balaban J connectivity index is 2.15. The Kier molecular flexibility index (Phi) is 4.02. The topological polar surface area (TPSA) is 17.8 Å². The highest BCUT2D eigenvalue weighted by Gasteiger charge is 2.11. The highest BCUT2D eigenvalue weighted by molar-refractivity contribution is 7.98. The Morgan fingerprint density at radius 1 is 1.29 bits per heavy atom. The fraction of sp³-hybridized carbons (Fsp3) is 0.250. The molecule has 2 nitrogen and oxygen atoms in total. The molecule has 2 aromatic rings. The van der Waals surface area contributed by atoms with Crippen LogP contribution in [-0.4, -0.2) is 9.78 Å². The smallest absolute Gasteiger partial charge is 0.131 e. The molecule has 0 saturated carbocycles. The maximum Gasteiger partial charge on any atom is 0.131 e. The van der Waals surface area contributed by atoms with Crippen LogP contribution >= 0.6 is 35.0 Å². The summed E-state index contributed by atoms with van der Waals surface area (Å²) in [6.45, 7) is 1.97. The molecule has 0 fully saturated rings. The van der Waals surface area contributed by atoms with Crippen LogP contribution in [0, 0.1) is 6.92 Å². The molecule has 0 aliphatic carbocycles. The van der Waals surface area contributed by atoms with Gasteiger partial charge in [0.2, 0.25) is 0 Å². The van der Waals surface area contributed by atoms with E-state index in [-0.39, 0.29) is 0 Å². The largest absolute Gasteiger partial charge is 0.257 e. The van der Waals surface area contributed by atoms with Crippen molar-refractivity contribution in [2.75, 3.05) is 0 Å². The van der Waals surface area contributed by atoms with E-state index in [1.807, 2.05) is 38.2 Å². The third-order valence-electron chi connectivity index (χ3n) is 2.48. The molecule has 5 heteroatoms. The van der Waals surface area contributed by atoms with Crippen LogP contribution in [0.15, 0.2) is 29.2 Å². The van der Waals surface area contributed by atoms with Gasteiger partial charge in [0.15, 0.2) is 0 Å². The number of thioether (sulfide) groups is 1. The van der Waals surface area contributed by atoms with Gasteiger partial charge in [-0.3, -0.25) is 4.68 Å². The molecule has 0 radical (unpaired) electrons. The van der Waals surface area contributed by atoms with Gasteiger partial charge in [-0.2, -0.15) is 5.10 Å². The number of hydrogen-bond donors (Lipinski definition) is 0. The molecule has 0 saturated heterocycles. The lowest BCUT2D eigenvalue weighted by Gasteiger charge is -2.03. The molecule has 0 N–H and O–H groups in total. The lowest BCUT2D eigenvalue weighted by atomic mass is 10.3. The van der Waals surface area contributed by atoms with Crippen molar-refractivity contribution in [3.63, 3.8) is 0 Å². The first-order chi connectivity index (χ1) is 8.09. The van der Waals surface area contributed by atoms with Gasteiger partial charge in [0.05, 0.1) is 10.7 Å². The van der Waals surface area contributed by atoms with E-state index in [1.165, 1.54) is 0 Å². The molecular formula is C12H12Cl2N2S. The van der Waals surface area contributed by atoms with Crippen LogP contribution < -0.4 is 0 Å². The fourth-order valence-corrected chi connectivity index (χ4v) is 3.20. The number of nitrogens with zero attached hydrogens (tertiary/aromatic N) is 2. The van der Waals surface area contributed by atoms with Crippen molar-refractivity contribution in [1.82, 2.24) is 9.78 Å². The molecule has 17 heavy (non-hydrogen) atoms. The highest BCUT2D eigenvalue weighted by Crippen LogP contribution is 2.32. The first kappa shape index (κ1) is 12.8. The van der Waals surface area contributed by atoms with Crippen LogP contribution in [0.5, 0.6) is 0 Å². The lowest BCUT2D eigenvalue weighted by Crippen LogP contribution is -1.89. The molecule has 0 atom stereocenters. The van der Waals surface area contributed by atoms with E-state index in [0.29, 0.717) is 5.15 Å². The zero-order chi connectivity index (χ0) is 12.4. The number of hydrogen-bond acceptors (Lipinski definition) is 2. The van der Waals surface area contributed by atoms with Crippen LogP contribution in [0.4, 0.5) is 0 Å². The minimum Gasteiger partial charge on any atom is -0.257 e. The number of benzene rings is 1.